The number of carbonyl (C=O) groups is 1. The molecule has 0 aromatic rings. The van der Waals surface area contributed by atoms with Crippen LogP contribution < -0.4 is 0 Å². The number of allylic oxidation sites excluding steroid dienone is 10. The minimum absolute atomic E-state index is 0.0387. The van der Waals surface area contributed by atoms with E-state index < -0.39 is 39.2 Å². The molecule has 9 nitrogen and oxygen atoms in total. The highest BCUT2D eigenvalue weighted by molar-refractivity contribution is 7.47. The molecule has 0 aromatic heterocycles. The molecule has 0 bridgehead atoms. The Hall–Kier alpha value is -1.84. The van der Waals surface area contributed by atoms with Gasteiger partial charge in [-0.05, 0) is 77.0 Å². The molecule has 3 unspecified atom stereocenters. The first-order chi connectivity index (χ1) is 27.8. The molecule has 57 heavy (non-hydrogen) atoms. The third-order valence-electron chi connectivity index (χ3n) is 9.44. The topological polar surface area (TPSA) is 132 Å². The van der Waals surface area contributed by atoms with E-state index in [2.05, 4.69) is 74.6 Å². The SMILES string of the molecule is CC/C=C\C/C=C\C/C=C\CCCCCCCCCCOCC(COP(=O)(O)OCC(O)CO)OC(=O)CCCCCCCCC/C=C\C/C=C\CCCCCC. The molecule has 0 spiro atoms. The van der Waals surface area contributed by atoms with Gasteiger partial charge >= 0.3 is 13.8 Å². The minimum Gasteiger partial charge on any atom is -0.457 e. The molecule has 0 amide bonds. The van der Waals surface area contributed by atoms with E-state index in [4.69, 9.17) is 23.6 Å². The van der Waals surface area contributed by atoms with Crippen LogP contribution in [0.15, 0.2) is 60.8 Å². The fourth-order valence-electron chi connectivity index (χ4n) is 5.99. The molecule has 0 aliphatic heterocycles. The number of aliphatic hydroxyl groups excluding tert-OH is 2. The summed E-state index contributed by atoms with van der Waals surface area (Å²) >= 11 is 0. The molecule has 0 rings (SSSR count). The molecule has 3 N–H and O–H groups in total. The number of unbranched alkanes of at least 4 members (excludes halogenated alkanes) is 19. The van der Waals surface area contributed by atoms with Crippen molar-refractivity contribution in [3.8, 4) is 0 Å². The van der Waals surface area contributed by atoms with Gasteiger partial charge in [-0.1, -0.05) is 164 Å². The second kappa shape index (κ2) is 43.7. The van der Waals surface area contributed by atoms with Gasteiger partial charge in [0.05, 0.1) is 26.4 Å². The average Bonchev–Trinajstić information content (AvgIpc) is 3.20. The highest BCUT2D eigenvalue weighted by Crippen LogP contribution is 2.43. The van der Waals surface area contributed by atoms with Crippen LogP contribution in [0.2, 0.25) is 0 Å². The maximum absolute atomic E-state index is 12.6. The first-order valence-corrected chi connectivity index (χ1v) is 24.3. The van der Waals surface area contributed by atoms with Gasteiger partial charge in [0.25, 0.3) is 0 Å². The molecular formula is C47H85O9P. The van der Waals surface area contributed by atoms with Crippen LogP contribution in [0.1, 0.15) is 187 Å². The van der Waals surface area contributed by atoms with Gasteiger partial charge in [0, 0.05) is 13.0 Å². The number of hydrogen-bond acceptors (Lipinski definition) is 8. The van der Waals surface area contributed by atoms with Crippen LogP contribution in [0.5, 0.6) is 0 Å². The van der Waals surface area contributed by atoms with Crippen LogP contribution >= 0.6 is 7.82 Å². The summed E-state index contributed by atoms with van der Waals surface area (Å²) in [6.45, 7) is 3.37. The molecular weight excluding hydrogens is 739 g/mol. The van der Waals surface area contributed by atoms with Crippen molar-refractivity contribution in [2.45, 2.75) is 199 Å². The Labute approximate surface area is 349 Å². The summed E-state index contributed by atoms with van der Waals surface area (Å²) in [5.41, 5.74) is 0. The summed E-state index contributed by atoms with van der Waals surface area (Å²) in [6, 6.07) is 0. The molecule has 0 radical (unpaired) electrons. The lowest BCUT2D eigenvalue weighted by molar-refractivity contribution is -0.154. The van der Waals surface area contributed by atoms with Gasteiger partial charge in [-0.15, -0.1) is 0 Å². The van der Waals surface area contributed by atoms with Gasteiger partial charge < -0.3 is 24.6 Å². The van der Waals surface area contributed by atoms with Crippen LogP contribution in [0.4, 0.5) is 0 Å². The van der Waals surface area contributed by atoms with Crippen molar-refractivity contribution >= 4 is 13.8 Å². The third kappa shape index (κ3) is 43.6. The predicted octanol–water partition coefficient (Wildman–Crippen LogP) is 12.8. The second-order valence-corrected chi connectivity index (χ2v) is 16.5. The van der Waals surface area contributed by atoms with E-state index in [1.54, 1.807) is 0 Å². The Bertz CT molecular complexity index is 1070. The molecule has 10 heteroatoms. The lowest BCUT2D eigenvalue weighted by Crippen LogP contribution is -2.29. The largest absolute Gasteiger partial charge is 0.472 e. The molecule has 332 valence electrons. The summed E-state index contributed by atoms with van der Waals surface area (Å²) in [6.07, 6.45) is 50.3. The summed E-state index contributed by atoms with van der Waals surface area (Å²) in [7, 11) is -4.53. The molecule has 0 aromatic carbocycles. The monoisotopic (exact) mass is 825 g/mol. The number of phosphoric ester groups is 1. The number of ether oxygens (including phenoxy) is 2. The Morgan fingerprint density at radius 2 is 1.00 bits per heavy atom. The zero-order valence-electron chi connectivity index (χ0n) is 36.3. The summed E-state index contributed by atoms with van der Waals surface area (Å²) < 4.78 is 33.4. The Balaban J connectivity index is 4.18. The number of aliphatic hydroxyl groups is 2. The van der Waals surface area contributed by atoms with E-state index in [9.17, 15) is 19.4 Å². The maximum atomic E-state index is 12.6. The fourth-order valence-corrected chi connectivity index (χ4v) is 6.78. The van der Waals surface area contributed by atoms with Gasteiger partial charge in [0.2, 0.25) is 0 Å². The standard InChI is InChI=1S/C47H85O9P/c1-3-5-7-9-11-13-15-17-19-21-23-25-27-29-31-33-35-37-39-47(50)56-46(44-55-57(51,52)54-42-45(49)41-48)43-53-40-38-36-34-32-30-28-26-24-22-20-18-16-14-12-10-8-6-4-2/h6,8,12-15,18-21,45-46,48-49H,3-5,7,9-11,16-17,22-44H2,1-2H3,(H,51,52)/b8-6-,14-12-,15-13-,20-18-,21-19-. The summed E-state index contributed by atoms with van der Waals surface area (Å²) in [5.74, 6) is -0.395. The first-order valence-electron chi connectivity index (χ1n) is 22.8. The quantitative estimate of drug-likeness (QED) is 0.0238. The Morgan fingerprint density at radius 1 is 0.561 bits per heavy atom. The van der Waals surface area contributed by atoms with E-state index >= 15 is 0 Å². The van der Waals surface area contributed by atoms with Crippen LogP contribution in [-0.2, 0) is 27.9 Å². The smallest absolute Gasteiger partial charge is 0.457 e. The molecule has 0 aliphatic carbocycles. The number of carbonyl (C=O) groups excluding carboxylic acids is 1. The number of hydrogen-bond donors (Lipinski definition) is 3. The van der Waals surface area contributed by atoms with Crippen molar-refractivity contribution in [3.63, 3.8) is 0 Å². The number of esters is 1. The Morgan fingerprint density at radius 3 is 1.51 bits per heavy atom. The van der Waals surface area contributed by atoms with Gasteiger partial charge in [0.1, 0.15) is 12.2 Å². The van der Waals surface area contributed by atoms with Crippen LogP contribution in [0.3, 0.4) is 0 Å². The maximum Gasteiger partial charge on any atom is 0.472 e. The highest BCUT2D eigenvalue weighted by atomic mass is 31.2. The van der Waals surface area contributed by atoms with Crippen molar-refractivity contribution in [2.75, 3.05) is 33.0 Å². The van der Waals surface area contributed by atoms with E-state index in [0.29, 0.717) is 6.61 Å². The molecule has 0 aliphatic rings. The molecule has 0 saturated heterocycles. The van der Waals surface area contributed by atoms with E-state index in [1.165, 1.54) is 83.5 Å². The van der Waals surface area contributed by atoms with Gasteiger partial charge in [-0.2, -0.15) is 0 Å². The van der Waals surface area contributed by atoms with E-state index in [1.807, 2.05) is 0 Å². The van der Waals surface area contributed by atoms with E-state index in [-0.39, 0.29) is 19.6 Å². The Kier molecular flexibility index (Phi) is 42.3. The van der Waals surface area contributed by atoms with E-state index in [0.717, 1.165) is 83.5 Å². The van der Waals surface area contributed by atoms with Crippen LogP contribution in [-0.4, -0.2) is 66.3 Å². The van der Waals surface area contributed by atoms with Crippen molar-refractivity contribution in [1.82, 2.24) is 0 Å². The zero-order chi connectivity index (χ0) is 41.8. The molecule has 3 atom stereocenters. The molecule has 0 saturated carbocycles. The van der Waals surface area contributed by atoms with Gasteiger partial charge in [0.15, 0.2) is 0 Å². The van der Waals surface area contributed by atoms with Crippen molar-refractivity contribution in [1.29, 1.82) is 0 Å². The van der Waals surface area contributed by atoms with Crippen molar-refractivity contribution in [3.05, 3.63) is 60.8 Å². The lowest BCUT2D eigenvalue weighted by atomic mass is 10.1. The second-order valence-electron chi connectivity index (χ2n) is 15.0. The first kappa shape index (κ1) is 55.2. The molecule has 0 heterocycles. The molecule has 0 fully saturated rings. The third-order valence-corrected chi connectivity index (χ3v) is 10.4. The van der Waals surface area contributed by atoms with Crippen LogP contribution in [0.25, 0.3) is 0 Å². The minimum atomic E-state index is -4.53. The predicted molar refractivity (Wildman–Crippen MR) is 237 cm³/mol. The average molecular weight is 825 g/mol. The van der Waals surface area contributed by atoms with Gasteiger partial charge in [-0.3, -0.25) is 13.8 Å². The summed E-state index contributed by atoms with van der Waals surface area (Å²) in [5, 5.41) is 18.4. The normalized spacial score (nSPS) is 14.5. The fraction of sp³-hybridized carbons (Fsp3) is 0.766. The number of rotatable bonds is 43. The van der Waals surface area contributed by atoms with Crippen molar-refractivity contribution < 1.29 is 43.0 Å². The lowest BCUT2D eigenvalue weighted by Gasteiger charge is -2.20. The summed E-state index contributed by atoms with van der Waals surface area (Å²) in [4.78, 5) is 22.6. The number of phosphoric acid groups is 1. The van der Waals surface area contributed by atoms with Crippen LogP contribution in [0, 0.1) is 0 Å². The van der Waals surface area contributed by atoms with Gasteiger partial charge in [-0.25, -0.2) is 4.57 Å². The zero-order valence-corrected chi connectivity index (χ0v) is 37.2. The highest BCUT2D eigenvalue weighted by Gasteiger charge is 2.26. The van der Waals surface area contributed by atoms with Crippen molar-refractivity contribution in [2.24, 2.45) is 0 Å².